The van der Waals surface area contributed by atoms with Crippen LogP contribution in [0.3, 0.4) is 0 Å². The molecule has 1 fully saturated rings. The van der Waals surface area contributed by atoms with E-state index >= 15 is 0 Å². The van der Waals surface area contributed by atoms with Gasteiger partial charge in [-0.2, -0.15) is 0 Å². The Morgan fingerprint density at radius 3 is 2.62 bits per heavy atom. The van der Waals surface area contributed by atoms with Crippen LogP contribution in [0.25, 0.3) is 0 Å². The first-order chi connectivity index (χ1) is 6.20. The maximum atomic E-state index is 6.09. The zero-order valence-electron chi connectivity index (χ0n) is 8.96. The third-order valence-corrected chi connectivity index (χ3v) is 2.86. The van der Waals surface area contributed by atoms with Crippen LogP contribution >= 0.6 is 0 Å². The number of rotatable bonds is 3. The Balaban J connectivity index is 2.27. The molecule has 2 unspecified atom stereocenters. The fourth-order valence-electron chi connectivity index (χ4n) is 1.94. The summed E-state index contributed by atoms with van der Waals surface area (Å²) in [6.07, 6.45) is 6.78. The molecule has 1 rings (SSSR count). The monoisotopic (exact) mass is 185 g/mol. The highest BCUT2D eigenvalue weighted by atomic mass is 16.5. The lowest BCUT2D eigenvalue weighted by Gasteiger charge is -2.22. The molecular formula is C11H23NO. The van der Waals surface area contributed by atoms with Gasteiger partial charge in [-0.15, -0.1) is 0 Å². The third-order valence-electron chi connectivity index (χ3n) is 2.86. The molecule has 0 spiro atoms. The predicted octanol–water partition coefficient (Wildman–Crippen LogP) is 2.32. The summed E-state index contributed by atoms with van der Waals surface area (Å²) in [5.74, 6) is 0.602. The van der Waals surface area contributed by atoms with Crippen molar-refractivity contribution in [3.8, 4) is 0 Å². The van der Waals surface area contributed by atoms with Crippen LogP contribution in [0.1, 0.15) is 46.0 Å². The SMILES string of the molecule is CC(C)OCC1CCCCCC1N. The number of nitrogens with two attached hydrogens (primary N) is 1. The average molecular weight is 185 g/mol. The number of ether oxygens (including phenoxy) is 1. The second-order valence-electron chi connectivity index (χ2n) is 4.44. The first-order valence-electron chi connectivity index (χ1n) is 5.57. The normalized spacial score (nSPS) is 30.5. The first-order valence-corrected chi connectivity index (χ1v) is 5.57. The van der Waals surface area contributed by atoms with Gasteiger partial charge in [0.05, 0.1) is 12.7 Å². The van der Waals surface area contributed by atoms with Gasteiger partial charge >= 0.3 is 0 Å². The van der Waals surface area contributed by atoms with Crippen molar-refractivity contribution in [2.75, 3.05) is 6.61 Å². The van der Waals surface area contributed by atoms with Crippen LogP contribution in [0.2, 0.25) is 0 Å². The second-order valence-corrected chi connectivity index (χ2v) is 4.44. The zero-order valence-corrected chi connectivity index (χ0v) is 8.96. The molecule has 0 bridgehead atoms. The fraction of sp³-hybridized carbons (Fsp3) is 1.00. The molecule has 0 saturated heterocycles. The molecule has 0 radical (unpaired) electrons. The zero-order chi connectivity index (χ0) is 9.68. The Morgan fingerprint density at radius 2 is 1.92 bits per heavy atom. The average Bonchev–Trinajstić information content (AvgIpc) is 2.27. The van der Waals surface area contributed by atoms with E-state index in [-0.39, 0.29) is 0 Å². The van der Waals surface area contributed by atoms with Gasteiger partial charge in [0.2, 0.25) is 0 Å². The van der Waals surface area contributed by atoms with E-state index in [1.54, 1.807) is 0 Å². The summed E-state index contributed by atoms with van der Waals surface area (Å²) < 4.78 is 5.63. The van der Waals surface area contributed by atoms with E-state index in [2.05, 4.69) is 13.8 Å². The van der Waals surface area contributed by atoms with Gasteiger partial charge in [-0.3, -0.25) is 0 Å². The van der Waals surface area contributed by atoms with Crippen LogP contribution in [0.15, 0.2) is 0 Å². The highest BCUT2D eigenvalue weighted by Crippen LogP contribution is 2.22. The van der Waals surface area contributed by atoms with E-state index in [4.69, 9.17) is 10.5 Å². The molecule has 1 aliphatic rings. The van der Waals surface area contributed by atoms with Crippen LogP contribution in [-0.4, -0.2) is 18.8 Å². The van der Waals surface area contributed by atoms with Crippen molar-refractivity contribution in [2.45, 2.75) is 58.1 Å². The van der Waals surface area contributed by atoms with Gasteiger partial charge in [0.15, 0.2) is 0 Å². The molecule has 0 amide bonds. The van der Waals surface area contributed by atoms with E-state index in [0.717, 1.165) is 6.61 Å². The lowest BCUT2D eigenvalue weighted by molar-refractivity contribution is 0.0427. The van der Waals surface area contributed by atoms with Crippen molar-refractivity contribution >= 4 is 0 Å². The fourth-order valence-corrected chi connectivity index (χ4v) is 1.94. The summed E-state index contributed by atoms with van der Waals surface area (Å²) in [7, 11) is 0. The summed E-state index contributed by atoms with van der Waals surface area (Å²) in [5, 5.41) is 0. The van der Waals surface area contributed by atoms with Crippen LogP contribution in [0, 0.1) is 5.92 Å². The molecule has 13 heavy (non-hydrogen) atoms. The lowest BCUT2D eigenvalue weighted by atomic mass is 9.96. The van der Waals surface area contributed by atoms with Crippen molar-refractivity contribution in [2.24, 2.45) is 11.7 Å². The molecule has 2 nitrogen and oxygen atoms in total. The van der Waals surface area contributed by atoms with Crippen molar-refractivity contribution in [3.05, 3.63) is 0 Å². The Kier molecular flexibility index (Phi) is 4.74. The van der Waals surface area contributed by atoms with Gasteiger partial charge in [0, 0.05) is 6.04 Å². The Hall–Kier alpha value is -0.0800. The molecule has 0 aromatic carbocycles. The van der Waals surface area contributed by atoms with E-state index in [1.165, 1.54) is 32.1 Å². The molecule has 0 heterocycles. The van der Waals surface area contributed by atoms with E-state index in [1.807, 2.05) is 0 Å². The molecule has 1 saturated carbocycles. The summed E-state index contributed by atoms with van der Waals surface area (Å²) in [6.45, 7) is 5.03. The van der Waals surface area contributed by atoms with E-state index in [9.17, 15) is 0 Å². The molecule has 1 aliphatic carbocycles. The van der Waals surface area contributed by atoms with Gasteiger partial charge < -0.3 is 10.5 Å². The van der Waals surface area contributed by atoms with Crippen molar-refractivity contribution in [3.63, 3.8) is 0 Å². The summed E-state index contributed by atoms with van der Waals surface area (Å²) in [6, 6.07) is 0.376. The number of hydrogen-bond donors (Lipinski definition) is 1. The summed E-state index contributed by atoms with van der Waals surface area (Å²) in [4.78, 5) is 0. The lowest BCUT2D eigenvalue weighted by Crippen LogP contribution is -2.32. The Bertz CT molecular complexity index is 136. The van der Waals surface area contributed by atoms with Crippen molar-refractivity contribution < 1.29 is 4.74 Å². The van der Waals surface area contributed by atoms with Crippen LogP contribution < -0.4 is 5.73 Å². The quantitative estimate of drug-likeness (QED) is 0.685. The summed E-state index contributed by atoms with van der Waals surface area (Å²) in [5.41, 5.74) is 6.09. The smallest absolute Gasteiger partial charge is 0.0519 e. The standard InChI is InChI=1S/C11H23NO/c1-9(2)13-8-10-6-4-3-5-7-11(10)12/h9-11H,3-8,12H2,1-2H3. The summed E-state index contributed by atoms with van der Waals surface area (Å²) >= 11 is 0. The van der Waals surface area contributed by atoms with Gasteiger partial charge in [0.1, 0.15) is 0 Å². The molecule has 2 heteroatoms. The molecular weight excluding hydrogens is 162 g/mol. The maximum absolute atomic E-state index is 6.09. The highest BCUT2D eigenvalue weighted by molar-refractivity contribution is 4.76. The van der Waals surface area contributed by atoms with E-state index < -0.39 is 0 Å². The van der Waals surface area contributed by atoms with Crippen molar-refractivity contribution in [1.82, 2.24) is 0 Å². The Morgan fingerprint density at radius 1 is 1.23 bits per heavy atom. The van der Waals surface area contributed by atoms with Crippen LogP contribution in [0.5, 0.6) is 0 Å². The number of hydrogen-bond acceptors (Lipinski definition) is 2. The topological polar surface area (TPSA) is 35.2 Å². The van der Waals surface area contributed by atoms with Gasteiger partial charge in [-0.1, -0.05) is 19.3 Å². The minimum absolute atomic E-state index is 0.343. The molecule has 2 N–H and O–H groups in total. The van der Waals surface area contributed by atoms with E-state index in [0.29, 0.717) is 18.1 Å². The Labute approximate surface area is 81.8 Å². The van der Waals surface area contributed by atoms with Crippen LogP contribution in [0.4, 0.5) is 0 Å². The minimum Gasteiger partial charge on any atom is -0.378 e. The molecule has 78 valence electrons. The van der Waals surface area contributed by atoms with Gasteiger partial charge in [-0.25, -0.2) is 0 Å². The van der Waals surface area contributed by atoms with Gasteiger partial charge in [0.25, 0.3) is 0 Å². The third kappa shape index (κ3) is 4.10. The highest BCUT2D eigenvalue weighted by Gasteiger charge is 2.20. The largest absolute Gasteiger partial charge is 0.378 e. The van der Waals surface area contributed by atoms with Crippen LogP contribution in [-0.2, 0) is 4.74 Å². The van der Waals surface area contributed by atoms with Crippen molar-refractivity contribution in [1.29, 1.82) is 0 Å². The maximum Gasteiger partial charge on any atom is 0.0519 e. The first kappa shape index (κ1) is 11.0. The molecule has 0 aromatic rings. The molecule has 0 aliphatic heterocycles. The van der Waals surface area contributed by atoms with Gasteiger partial charge in [-0.05, 0) is 32.6 Å². The molecule has 0 aromatic heterocycles. The predicted molar refractivity (Wildman–Crippen MR) is 55.6 cm³/mol. The minimum atomic E-state index is 0.343. The molecule has 2 atom stereocenters. The second kappa shape index (κ2) is 5.61.